The highest BCUT2D eigenvalue weighted by Gasteiger charge is 2.38. The Morgan fingerprint density at radius 3 is 2.44 bits per heavy atom. The average molecular weight is 357 g/mol. The fourth-order valence-electron chi connectivity index (χ4n) is 2.58. The van der Waals surface area contributed by atoms with Gasteiger partial charge in [-0.3, -0.25) is 9.59 Å². The number of fused-ring (bicyclic) bond motifs is 1. The number of aromatic nitrogens is 2. The third-order valence-corrected chi connectivity index (χ3v) is 3.58. The van der Waals surface area contributed by atoms with Gasteiger partial charge < -0.3 is 15.0 Å². The number of halogens is 3. The molecule has 0 aliphatic carbocycles. The molecule has 0 aliphatic heterocycles. The lowest BCUT2D eigenvalue weighted by atomic mass is 10.1. The molecular formula is C16H18F3N3O3. The molecule has 0 radical (unpaired) electrons. The standard InChI is InChI=1S/C16H18F3N3O3/c1-8(2)22-12-5-4-10(14(25)20-9(3)6-13(23)24)7-11(12)21-15(22)16(17,18)19/h4-5,7-9H,6H2,1-3H3,(H,20,25)(H,23,24). The molecule has 0 saturated carbocycles. The summed E-state index contributed by atoms with van der Waals surface area (Å²) in [4.78, 5) is 26.4. The summed E-state index contributed by atoms with van der Waals surface area (Å²) >= 11 is 0. The normalized spacial score (nSPS) is 13.2. The number of alkyl halides is 3. The molecule has 136 valence electrons. The number of nitrogens with one attached hydrogen (secondary N) is 1. The Morgan fingerprint density at radius 2 is 1.92 bits per heavy atom. The number of carbonyl (C=O) groups is 2. The zero-order chi connectivity index (χ0) is 18.9. The molecule has 1 heterocycles. The van der Waals surface area contributed by atoms with Crippen molar-refractivity contribution >= 4 is 22.9 Å². The first-order chi connectivity index (χ1) is 11.5. The minimum Gasteiger partial charge on any atom is -0.481 e. The van der Waals surface area contributed by atoms with Gasteiger partial charge in [-0.2, -0.15) is 13.2 Å². The zero-order valence-electron chi connectivity index (χ0n) is 13.9. The summed E-state index contributed by atoms with van der Waals surface area (Å²) in [7, 11) is 0. The van der Waals surface area contributed by atoms with Crippen molar-refractivity contribution in [3.05, 3.63) is 29.6 Å². The van der Waals surface area contributed by atoms with Crippen LogP contribution in [0.15, 0.2) is 18.2 Å². The first-order valence-corrected chi connectivity index (χ1v) is 7.62. The Balaban J connectivity index is 2.40. The van der Waals surface area contributed by atoms with Crippen molar-refractivity contribution in [2.45, 2.75) is 45.5 Å². The lowest BCUT2D eigenvalue weighted by Gasteiger charge is -2.14. The topological polar surface area (TPSA) is 84.2 Å². The third-order valence-electron chi connectivity index (χ3n) is 3.58. The lowest BCUT2D eigenvalue weighted by Crippen LogP contribution is -2.34. The summed E-state index contributed by atoms with van der Waals surface area (Å²) in [6.07, 6.45) is -4.87. The Kier molecular flexibility index (Phi) is 5.05. The van der Waals surface area contributed by atoms with Gasteiger partial charge in [-0.1, -0.05) is 0 Å². The van der Waals surface area contributed by atoms with Gasteiger partial charge in [-0.05, 0) is 39.0 Å². The monoisotopic (exact) mass is 357 g/mol. The molecule has 0 aliphatic rings. The molecule has 1 amide bonds. The second kappa shape index (κ2) is 6.73. The first kappa shape index (κ1) is 18.8. The van der Waals surface area contributed by atoms with Crippen LogP contribution in [0.25, 0.3) is 11.0 Å². The van der Waals surface area contributed by atoms with Crippen LogP contribution in [0.3, 0.4) is 0 Å². The fraction of sp³-hybridized carbons (Fsp3) is 0.438. The molecule has 1 atom stereocenters. The van der Waals surface area contributed by atoms with Crippen LogP contribution in [0.1, 0.15) is 49.4 Å². The molecule has 25 heavy (non-hydrogen) atoms. The largest absolute Gasteiger partial charge is 0.481 e. The Morgan fingerprint density at radius 1 is 1.28 bits per heavy atom. The van der Waals surface area contributed by atoms with E-state index in [4.69, 9.17) is 5.11 Å². The van der Waals surface area contributed by atoms with Crippen molar-refractivity contribution in [1.29, 1.82) is 0 Å². The summed E-state index contributed by atoms with van der Waals surface area (Å²) in [6, 6.07) is 3.00. The maximum atomic E-state index is 13.2. The van der Waals surface area contributed by atoms with Crippen LogP contribution in [0, 0.1) is 0 Å². The summed E-state index contributed by atoms with van der Waals surface area (Å²) in [5, 5.41) is 11.2. The minimum atomic E-state index is -4.61. The van der Waals surface area contributed by atoms with Crippen LogP contribution in [0.5, 0.6) is 0 Å². The number of rotatable bonds is 5. The van der Waals surface area contributed by atoms with Crippen molar-refractivity contribution in [3.8, 4) is 0 Å². The molecule has 0 spiro atoms. The van der Waals surface area contributed by atoms with Crippen molar-refractivity contribution < 1.29 is 27.9 Å². The molecule has 9 heteroatoms. The zero-order valence-corrected chi connectivity index (χ0v) is 13.9. The number of benzene rings is 1. The molecule has 0 fully saturated rings. The fourth-order valence-corrected chi connectivity index (χ4v) is 2.58. The van der Waals surface area contributed by atoms with E-state index in [0.29, 0.717) is 0 Å². The third kappa shape index (κ3) is 4.09. The number of aliphatic carboxylic acids is 1. The van der Waals surface area contributed by atoms with Gasteiger partial charge in [0.15, 0.2) is 0 Å². The Hall–Kier alpha value is -2.58. The number of hydrogen-bond donors (Lipinski definition) is 2. The SMILES string of the molecule is CC(CC(=O)O)NC(=O)c1ccc2c(c1)nc(C(F)(F)F)n2C(C)C. The maximum Gasteiger partial charge on any atom is 0.449 e. The van der Waals surface area contributed by atoms with E-state index in [1.165, 1.54) is 25.1 Å². The first-order valence-electron chi connectivity index (χ1n) is 7.62. The maximum absolute atomic E-state index is 13.2. The van der Waals surface area contributed by atoms with Crippen LogP contribution in [-0.4, -0.2) is 32.6 Å². The quantitative estimate of drug-likeness (QED) is 0.860. The van der Waals surface area contributed by atoms with E-state index < -0.39 is 36.0 Å². The van der Waals surface area contributed by atoms with Gasteiger partial charge in [0.2, 0.25) is 5.82 Å². The van der Waals surface area contributed by atoms with Gasteiger partial charge >= 0.3 is 12.1 Å². The highest BCUT2D eigenvalue weighted by molar-refractivity contribution is 5.97. The highest BCUT2D eigenvalue weighted by Crippen LogP contribution is 2.33. The Bertz CT molecular complexity index is 812. The molecule has 1 unspecified atom stereocenters. The van der Waals surface area contributed by atoms with Crippen LogP contribution < -0.4 is 5.32 Å². The number of carbonyl (C=O) groups excluding carboxylic acids is 1. The second-order valence-electron chi connectivity index (χ2n) is 6.07. The molecule has 1 aromatic carbocycles. The van der Waals surface area contributed by atoms with Gasteiger partial charge in [-0.25, -0.2) is 4.98 Å². The predicted octanol–water partition coefficient (Wildman–Crippen LogP) is 3.23. The van der Waals surface area contributed by atoms with Crippen LogP contribution in [-0.2, 0) is 11.0 Å². The summed E-state index contributed by atoms with van der Waals surface area (Å²) in [5.74, 6) is -2.65. The van der Waals surface area contributed by atoms with E-state index in [0.717, 1.165) is 4.57 Å². The van der Waals surface area contributed by atoms with Crippen LogP contribution in [0.2, 0.25) is 0 Å². The van der Waals surface area contributed by atoms with E-state index in [-0.39, 0.29) is 23.0 Å². The van der Waals surface area contributed by atoms with E-state index in [1.807, 2.05) is 0 Å². The van der Waals surface area contributed by atoms with Crippen LogP contribution in [0.4, 0.5) is 13.2 Å². The number of imidazole rings is 1. The van der Waals surface area contributed by atoms with Crippen molar-refractivity contribution in [1.82, 2.24) is 14.9 Å². The van der Waals surface area contributed by atoms with Gasteiger partial charge in [0, 0.05) is 17.6 Å². The predicted molar refractivity (Wildman–Crippen MR) is 84.3 cm³/mol. The molecular weight excluding hydrogens is 339 g/mol. The average Bonchev–Trinajstić information content (AvgIpc) is 2.84. The second-order valence-corrected chi connectivity index (χ2v) is 6.07. The molecule has 1 aromatic heterocycles. The van der Waals surface area contributed by atoms with Crippen molar-refractivity contribution in [2.75, 3.05) is 0 Å². The summed E-state index contributed by atoms with van der Waals surface area (Å²) in [6.45, 7) is 4.76. The van der Waals surface area contributed by atoms with Crippen molar-refractivity contribution in [3.63, 3.8) is 0 Å². The van der Waals surface area contributed by atoms with E-state index >= 15 is 0 Å². The van der Waals surface area contributed by atoms with Gasteiger partial charge in [0.05, 0.1) is 17.5 Å². The number of amides is 1. The number of hydrogen-bond acceptors (Lipinski definition) is 3. The summed E-state index contributed by atoms with van der Waals surface area (Å²) < 4.78 is 40.6. The molecule has 2 aromatic rings. The number of carboxylic acids is 1. The summed E-state index contributed by atoms with van der Waals surface area (Å²) in [5.41, 5.74) is 0.448. The van der Waals surface area contributed by atoms with E-state index in [1.54, 1.807) is 13.8 Å². The molecule has 0 bridgehead atoms. The number of nitrogens with zero attached hydrogens (tertiary/aromatic N) is 2. The minimum absolute atomic E-state index is 0.0552. The highest BCUT2D eigenvalue weighted by atomic mass is 19.4. The molecule has 2 rings (SSSR count). The van der Waals surface area contributed by atoms with Crippen molar-refractivity contribution in [2.24, 2.45) is 0 Å². The molecule has 0 saturated heterocycles. The molecule has 2 N–H and O–H groups in total. The van der Waals surface area contributed by atoms with Gasteiger partial charge in [0.1, 0.15) is 0 Å². The van der Waals surface area contributed by atoms with E-state index in [2.05, 4.69) is 10.3 Å². The number of carboxylic acid groups (broad SMARTS) is 1. The van der Waals surface area contributed by atoms with Crippen LogP contribution >= 0.6 is 0 Å². The molecule has 6 nitrogen and oxygen atoms in total. The van der Waals surface area contributed by atoms with E-state index in [9.17, 15) is 22.8 Å². The smallest absolute Gasteiger partial charge is 0.449 e. The van der Waals surface area contributed by atoms with Gasteiger partial charge in [0.25, 0.3) is 5.91 Å². The van der Waals surface area contributed by atoms with Gasteiger partial charge in [-0.15, -0.1) is 0 Å². The Labute approximate surface area is 141 Å². The lowest BCUT2D eigenvalue weighted by molar-refractivity contribution is -0.147.